The van der Waals surface area contributed by atoms with Crippen LogP contribution in [0.15, 0.2) is 73.1 Å². The predicted molar refractivity (Wildman–Crippen MR) is 112 cm³/mol. The summed E-state index contributed by atoms with van der Waals surface area (Å²) in [5, 5.41) is 0. The zero-order valence-electron chi connectivity index (χ0n) is 11.9. The van der Waals surface area contributed by atoms with Crippen LogP contribution in [0.1, 0.15) is 11.1 Å². The Hall–Kier alpha value is -0.403. The molecule has 0 radical (unpaired) electrons. The molecule has 0 heterocycles. The maximum absolute atomic E-state index is 4.14. The Kier molecular flexibility index (Phi) is 6.25. The number of halogens is 2. The molecular weight excluding hydrogens is 498 g/mol. The summed E-state index contributed by atoms with van der Waals surface area (Å²) in [6, 6.07) is 19.4. The van der Waals surface area contributed by atoms with Gasteiger partial charge in [-0.2, -0.15) is 0 Å². The largest absolute Gasteiger partial charge is 0.109 e. The quantitative estimate of drug-likeness (QED) is 0.344. The zero-order valence-corrected chi connectivity index (χ0v) is 17.2. The molecule has 2 aromatic rings. The first-order valence-electron chi connectivity index (χ1n) is 6.84. The van der Waals surface area contributed by atoms with Gasteiger partial charge < -0.3 is 0 Å². The van der Waals surface area contributed by atoms with Crippen LogP contribution >= 0.6 is 45.2 Å². The summed E-state index contributed by atoms with van der Waals surface area (Å²) >= 11 is 4.85. The fourth-order valence-electron chi connectivity index (χ4n) is 2.43. The lowest BCUT2D eigenvalue weighted by Gasteiger charge is -2.26. The van der Waals surface area contributed by atoms with E-state index in [0.717, 1.165) is 12.1 Å². The molecule has 108 valence electrons. The first-order chi connectivity index (χ1) is 10.1. The van der Waals surface area contributed by atoms with Crippen molar-refractivity contribution in [2.24, 2.45) is 0 Å². The van der Waals surface area contributed by atoms with Crippen molar-refractivity contribution < 1.29 is 0 Å². The first kappa shape index (κ1) is 17.0. The highest BCUT2D eigenvalue weighted by atomic mass is 127. The van der Waals surface area contributed by atoms with Crippen LogP contribution in [-0.4, -0.2) is 8.07 Å². The summed E-state index contributed by atoms with van der Waals surface area (Å²) in [5.74, 6) is 0. The minimum absolute atomic E-state index is 1.07. The first-order valence-corrected chi connectivity index (χ1v) is 11.6. The summed E-state index contributed by atoms with van der Waals surface area (Å²) in [6.45, 7) is 8.28. The molecule has 0 aliphatic carbocycles. The summed E-state index contributed by atoms with van der Waals surface area (Å²) in [4.78, 5) is 0. The Morgan fingerprint density at radius 1 is 0.762 bits per heavy atom. The fourth-order valence-corrected chi connectivity index (χ4v) is 7.21. The van der Waals surface area contributed by atoms with Gasteiger partial charge in [0.05, 0.1) is 0 Å². The molecule has 2 aromatic carbocycles. The molecule has 0 N–H and O–H groups in total. The SMILES string of the molecule is C=C[Si](C=C)(Cc1ccccc1I)Cc1ccccc1I. The molecule has 2 rings (SSSR count). The number of benzene rings is 2. The van der Waals surface area contributed by atoms with E-state index >= 15 is 0 Å². The van der Waals surface area contributed by atoms with Gasteiger partial charge in [0, 0.05) is 7.14 Å². The maximum atomic E-state index is 4.14. The van der Waals surface area contributed by atoms with E-state index in [-0.39, 0.29) is 0 Å². The van der Waals surface area contributed by atoms with Gasteiger partial charge >= 0.3 is 0 Å². The number of rotatable bonds is 6. The number of hydrogen-bond acceptors (Lipinski definition) is 0. The van der Waals surface area contributed by atoms with E-state index in [1.807, 2.05) is 0 Å². The van der Waals surface area contributed by atoms with Crippen LogP contribution in [-0.2, 0) is 12.1 Å². The van der Waals surface area contributed by atoms with E-state index in [1.165, 1.54) is 18.3 Å². The molecule has 0 saturated carbocycles. The zero-order chi connectivity index (χ0) is 15.3. The molecule has 0 aromatic heterocycles. The third-order valence-electron chi connectivity index (χ3n) is 3.77. The number of hydrogen-bond donors (Lipinski definition) is 0. The van der Waals surface area contributed by atoms with Crippen molar-refractivity contribution in [3.05, 3.63) is 91.4 Å². The molecule has 0 atom stereocenters. The Morgan fingerprint density at radius 2 is 1.14 bits per heavy atom. The Labute approximate surface area is 155 Å². The van der Waals surface area contributed by atoms with Gasteiger partial charge in [-0.05, 0) is 80.5 Å². The topological polar surface area (TPSA) is 0 Å². The fraction of sp³-hybridized carbons (Fsp3) is 0.111. The molecule has 3 heteroatoms. The second-order valence-corrected chi connectivity index (χ2v) is 11.5. The van der Waals surface area contributed by atoms with Gasteiger partial charge in [0.25, 0.3) is 0 Å². The highest BCUT2D eigenvalue weighted by molar-refractivity contribution is 14.1. The average Bonchev–Trinajstić information content (AvgIpc) is 2.51. The van der Waals surface area contributed by atoms with Crippen LogP contribution in [0.25, 0.3) is 0 Å². The van der Waals surface area contributed by atoms with Crippen molar-refractivity contribution in [2.75, 3.05) is 0 Å². The van der Waals surface area contributed by atoms with E-state index in [9.17, 15) is 0 Å². The van der Waals surface area contributed by atoms with Crippen molar-refractivity contribution in [2.45, 2.75) is 12.1 Å². The van der Waals surface area contributed by atoms with E-state index in [1.54, 1.807) is 0 Å². The van der Waals surface area contributed by atoms with E-state index < -0.39 is 8.07 Å². The molecule has 0 aliphatic heterocycles. The van der Waals surface area contributed by atoms with Crippen molar-refractivity contribution in [3.63, 3.8) is 0 Å². The van der Waals surface area contributed by atoms with Crippen molar-refractivity contribution in [3.8, 4) is 0 Å². The summed E-state index contributed by atoms with van der Waals surface area (Å²) in [7, 11) is -1.77. The lowest BCUT2D eigenvalue weighted by Crippen LogP contribution is -2.37. The minimum atomic E-state index is -1.77. The Bertz CT molecular complexity index is 592. The lowest BCUT2D eigenvalue weighted by molar-refractivity contribution is 1.22. The normalized spacial score (nSPS) is 11.1. The van der Waals surface area contributed by atoms with Crippen molar-refractivity contribution >= 4 is 53.3 Å². The molecule has 0 unspecified atom stereocenters. The second-order valence-electron chi connectivity index (χ2n) is 5.18. The molecule has 0 fully saturated rings. The molecule has 0 nitrogen and oxygen atoms in total. The van der Waals surface area contributed by atoms with Crippen LogP contribution in [0.4, 0.5) is 0 Å². The smallest absolute Gasteiger partial charge is 0.107 e. The van der Waals surface area contributed by atoms with E-state index in [4.69, 9.17) is 0 Å². The van der Waals surface area contributed by atoms with Gasteiger partial charge in [-0.1, -0.05) is 47.8 Å². The third-order valence-corrected chi connectivity index (χ3v) is 9.58. The van der Waals surface area contributed by atoms with Crippen LogP contribution in [0, 0.1) is 7.14 Å². The predicted octanol–water partition coefficient (Wildman–Crippen LogP) is 5.66. The summed E-state index contributed by atoms with van der Waals surface area (Å²) < 4.78 is 2.66. The average molecular weight is 516 g/mol. The van der Waals surface area contributed by atoms with Gasteiger partial charge in [0.1, 0.15) is 8.07 Å². The van der Waals surface area contributed by atoms with Gasteiger partial charge in [0.2, 0.25) is 0 Å². The van der Waals surface area contributed by atoms with Gasteiger partial charge in [0.15, 0.2) is 0 Å². The highest BCUT2D eigenvalue weighted by Crippen LogP contribution is 2.24. The monoisotopic (exact) mass is 516 g/mol. The molecule has 0 amide bonds. The van der Waals surface area contributed by atoms with Gasteiger partial charge in [-0.15, -0.1) is 13.2 Å². The van der Waals surface area contributed by atoms with Crippen LogP contribution < -0.4 is 0 Å². The standard InChI is InChI=1S/C18H18I2Si/c1-3-21(4-2,13-15-9-5-7-11-17(15)19)14-16-10-6-8-12-18(16)20/h3-12H,1-2,13-14H2. The summed E-state index contributed by atoms with van der Waals surface area (Å²) in [6.07, 6.45) is 0. The lowest BCUT2D eigenvalue weighted by atomic mass is 10.2. The van der Waals surface area contributed by atoms with Crippen LogP contribution in [0.5, 0.6) is 0 Å². The highest BCUT2D eigenvalue weighted by Gasteiger charge is 2.28. The van der Waals surface area contributed by atoms with E-state index in [0.29, 0.717) is 0 Å². The molecule has 0 saturated heterocycles. The van der Waals surface area contributed by atoms with E-state index in [2.05, 4.69) is 118 Å². The minimum Gasteiger partial charge on any atom is -0.107 e. The van der Waals surface area contributed by atoms with Crippen LogP contribution in [0.2, 0.25) is 0 Å². The Balaban J connectivity index is 2.33. The third kappa shape index (κ3) is 4.29. The maximum Gasteiger partial charge on any atom is 0.109 e. The van der Waals surface area contributed by atoms with Crippen molar-refractivity contribution in [1.29, 1.82) is 0 Å². The second kappa shape index (κ2) is 7.74. The summed E-state index contributed by atoms with van der Waals surface area (Å²) in [5.41, 5.74) is 7.20. The molecule has 0 aliphatic rings. The van der Waals surface area contributed by atoms with Crippen LogP contribution in [0.3, 0.4) is 0 Å². The molecule has 0 spiro atoms. The molecule has 21 heavy (non-hydrogen) atoms. The van der Waals surface area contributed by atoms with Gasteiger partial charge in [-0.25, -0.2) is 0 Å². The Morgan fingerprint density at radius 3 is 1.48 bits per heavy atom. The van der Waals surface area contributed by atoms with Crippen molar-refractivity contribution in [1.82, 2.24) is 0 Å². The molecule has 0 bridgehead atoms. The van der Waals surface area contributed by atoms with Gasteiger partial charge in [-0.3, -0.25) is 0 Å². The molecular formula is C18H18I2Si.